The van der Waals surface area contributed by atoms with Crippen LogP contribution in [0.15, 0.2) is 78.9 Å². The molecule has 1 heterocycles. The van der Waals surface area contributed by atoms with Crippen molar-refractivity contribution in [1.82, 2.24) is 15.1 Å². The van der Waals surface area contributed by atoms with E-state index in [2.05, 4.69) is 10.3 Å². The molecule has 0 aliphatic rings. The predicted molar refractivity (Wildman–Crippen MR) is 129 cm³/mol. The number of carbonyl (C=O) groups is 1. The van der Waals surface area contributed by atoms with Crippen molar-refractivity contribution in [3.05, 3.63) is 110 Å². The van der Waals surface area contributed by atoms with E-state index in [-0.39, 0.29) is 30.2 Å². The first-order chi connectivity index (χ1) is 17.4. The first kappa shape index (κ1) is 24.0. The highest BCUT2D eigenvalue weighted by atomic mass is 16.6. The molecule has 1 aromatic heterocycles. The number of nitro benzene ring substituents is 2. The molecule has 0 radical (unpaired) electrons. The van der Waals surface area contributed by atoms with Crippen LogP contribution in [0.3, 0.4) is 0 Å². The van der Waals surface area contributed by atoms with Crippen LogP contribution < -0.4 is 5.01 Å². The fraction of sp³-hybridized carbons (Fsp3) is 0.125. The smallest absolute Gasteiger partial charge is 0.361 e. The number of nitrogens with zero attached hydrogens (tertiary/aromatic N) is 6. The van der Waals surface area contributed by atoms with Crippen LogP contribution >= 0.6 is 0 Å². The van der Waals surface area contributed by atoms with Gasteiger partial charge < -0.3 is 4.74 Å². The Balaban J connectivity index is 1.97. The summed E-state index contributed by atoms with van der Waals surface area (Å²) in [5.74, 6) is -0.708. The van der Waals surface area contributed by atoms with Crippen molar-refractivity contribution in [3.63, 3.8) is 0 Å². The van der Waals surface area contributed by atoms with Crippen molar-refractivity contribution >= 4 is 23.0 Å². The Morgan fingerprint density at radius 3 is 2.25 bits per heavy atom. The Morgan fingerprint density at radius 1 is 0.972 bits per heavy atom. The molecule has 4 rings (SSSR count). The standard InChI is InChI=1S/C24H20N6O6/c1-2-36-24(31)22-23(18-11-7-4-8-12-18)28(26-25-22)27(16-17-9-5-3-6-10-17)20-14-13-19(29(32)33)15-21(20)30(34)35/h3-15H,2,16H2,1H3. The van der Waals surface area contributed by atoms with Crippen LogP contribution in [0.1, 0.15) is 23.0 Å². The van der Waals surface area contributed by atoms with Crippen molar-refractivity contribution < 1.29 is 19.4 Å². The summed E-state index contributed by atoms with van der Waals surface area (Å²) in [5, 5.41) is 32.9. The molecule has 0 aliphatic carbocycles. The van der Waals surface area contributed by atoms with E-state index in [0.717, 1.165) is 11.6 Å². The van der Waals surface area contributed by atoms with Gasteiger partial charge in [0.25, 0.3) is 5.69 Å². The normalized spacial score (nSPS) is 10.6. The number of nitro groups is 2. The molecule has 3 aromatic carbocycles. The highest BCUT2D eigenvalue weighted by molar-refractivity contribution is 5.94. The SMILES string of the molecule is CCOC(=O)c1nnn(N(Cc2ccccc2)c2ccc([N+](=O)[O-])cc2[N+](=O)[O-])c1-c1ccccc1. The largest absolute Gasteiger partial charge is 0.461 e. The first-order valence-corrected chi connectivity index (χ1v) is 10.8. The second-order valence-corrected chi connectivity index (χ2v) is 7.49. The van der Waals surface area contributed by atoms with Gasteiger partial charge in [0.1, 0.15) is 11.4 Å². The summed E-state index contributed by atoms with van der Waals surface area (Å²) in [7, 11) is 0. The number of ether oxygens (including phenoxy) is 1. The molecule has 0 saturated carbocycles. The topological polar surface area (TPSA) is 147 Å². The zero-order chi connectivity index (χ0) is 25.7. The lowest BCUT2D eigenvalue weighted by atomic mass is 10.1. The van der Waals surface area contributed by atoms with Crippen LogP contribution in [0.4, 0.5) is 17.1 Å². The van der Waals surface area contributed by atoms with Crippen LogP contribution in [-0.4, -0.2) is 37.5 Å². The fourth-order valence-electron chi connectivity index (χ4n) is 3.63. The van der Waals surface area contributed by atoms with Gasteiger partial charge in [0.15, 0.2) is 0 Å². The Labute approximate surface area is 204 Å². The van der Waals surface area contributed by atoms with Crippen LogP contribution in [0.5, 0.6) is 0 Å². The molecule has 12 heteroatoms. The van der Waals surface area contributed by atoms with Crippen molar-refractivity contribution in [3.8, 4) is 11.3 Å². The fourth-order valence-corrected chi connectivity index (χ4v) is 3.63. The molecule has 0 unspecified atom stereocenters. The predicted octanol–water partition coefficient (Wildman–Crippen LogP) is 4.41. The van der Waals surface area contributed by atoms with Gasteiger partial charge in [0.2, 0.25) is 5.69 Å². The van der Waals surface area contributed by atoms with E-state index in [1.807, 2.05) is 18.2 Å². The van der Waals surface area contributed by atoms with Crippen LogP contribution in [0.25, 0.3) is 11.3 Å². The third-order valence-electron chi connectivity index (χ3n) is 5.22. The number of aromatic nitrogens is 3. The van der Waals surface area contributed by atoms with Gasteiger partial charge >= 0.3 is 11.7 Å². The Morgan fingerprint density at radius 2 is 1.64 bits per heavy atom. The molecule has 0 fully saturated rings. The molecule has 12 nitrogen and oxygen atoms in total. The van der Waals surface area contributed by atoms with Crippen LogP contribution in [-0.2, 0) is 11.3 Å². The van der Waals surface area contributed by atoms with E-state index in [9.17, 15) is 25.0 Å². The van der Waals surface area contributed by atoms with Crippen molar-refractivity contribution in [2.24, 2.45) is 0 Å². The summed E-state index contributed by atoms with van der Waals surface area (Å²) < 4.78 is 5.15. The van der Waals surface area contributed by atoms with Gasteiger partial charge in [-0.3, -0.25) is 25.2 Å². The molecule has 182 valence electrons. The number of anilines is 1. The van der Waals surface area contributed by atoms with Gasteiger partial charge in [-0.1, -0.05) is 60.7 Å². The molecule has 0 spiro atoms. The lowest BCUT2D eigenvalue weighted by molar-refractivity contribution is -0.393. The van der Waals surface area contributed by atoms with Crippen LogP contribution in [0.2, 0.25) is 0 Å². The summed E-state index contributed by atoms with van der Waals surface area (Å²) in [6.45, 7) is 1.85. The van der Waals surface area contributed by atoms with Crippen molar-refractivity contribution in [2.45, 2.75) is 13.5 Å². The molecule has 36 heavy (non-hydrogen) atoms. The molecule has 0 atom stereocenters. The molecule has 4 aromatic rings. The molecule has 0 N–H and O–H groups in total. The zero-order valence-corrected chi connectivity index (χ0v) is 19.1. The van der Waals surface area contributed by atoms with Crippen LogP contribution in [0, 0.1) is 20.2 Å². The van der Waals surface area contributed by atoms with E-state index in [4.69, 9.17) is 4.74 Å². The Kier molecular flexibility index (Phi) is 6.95. The quantitative estimate of drug-likeness (QED) is 0.190. The molecule has 0 bridgehead atoms. The van der Waals surface area contributed by atoms with Gasteiger partial charge in [-0.05, 0) is 23.8 Å². The van der Waals surface area contributed by atoms with E-state index in [1.54, 1.807) is 49.4 Å². The summed E-state index contributed by atoms with van der Waals surface area (Å²) in [6.07, 6.45) is 0. The lowest BCUT2D eigenvalue weighted by Crippen LogP contribution is -2.32. The average molecular weight is 488 g/mol. The number of non-ortho nitro benzene ring substituents is 1. The van der Waals surface area contributed by atoms with Gasteiger partial charge in [-0.15, -0.1) is 9.89 Å². The highest BCUT2D eigenvalue weighted by Crippen LogP contribution is 2.35. The van der Waals surface area contributed by atoms with E-state index in [0.29, 0.717) is 5.56 Å². The maximum atomic E-state index is 12.7. The van der Waals surface area contributed by atoms with E-state index < -0.39 is 27.2 Å². The second-order valence-electron chi connectivity index (χ2n) is 7.49. The summed E-state index contributed by atoms with van der Waals surface area (Å²) in [4.78, 5) is 35.9. The molecular formula is C24H20N6O6. The monoisotopic (exact) mass is 488 g/mol. The number of carbonyl (C=O) groups excluding carboxylic acids is 1. The van der Waals surface area contributed by atoms with Gasteiger partial charge in [-0.2, -0.15) is 0 Å². The first-order valence-electron chi connectivity index (χ1n) is 10.8. The molecule has 0 aliphatic heterocycles. The molecule has 0 saturated heterocycles. The third kappa shape index (κ3) is 4.87. The maximum absolute atomic E-state index is 12.7. The van der Waals surface area contributed by atoms with Gasteiger partial charge in [-0.25, -0.2) is 4.79 Å². The second kappa shape index (κ2) is 10.4. The zero-order valence-electron chi connectivity index (χ0n) is 19.1. The Bertz CT molecular complexity index is 1410. The highest BCUT2D eigenvalue weighted by Gasteiger charge is 2.30. The summed E-state index contributed by atoms with van der Waals surface area (Å²) in [5.41, 5.74) is 0.576. The number of hydrogen-bond donors (Lipinski definition) is 0. The maximum Gasteiger partial charge on any atom is 0.361 e. The Hall–Kier alpha value is -5.13. The minimum absolute atomic E-state index is 0.0203. The van der Waals surface area contributed by atoms with Crippen molar-refractivity contribution in [1.29, 1.82) is 0 Å². The van der Waals surface area contributed by atoms with Gasteiger partial charge in [0, 0.05) is 11.6 Å². The number of benzene rings is 3. The summed E-state index contributed by atoms with van der Waals surface area (Å²) >= 11 is 0. The van der Waals surface area contributed by atoms with E-state index >= 15 is 0 Å². The number of hydrogen-bond acceptors (Lipinski definition) is 9. The average Bonchev–Trinajstić information content (AvgIpc) is 3.33. The summed E-state index contributed by atoms with van der Waals surface area (Å²) in [6, 6.07) is 21.2. The number of rotatable bonds is 9. The number of esters is 1. The molecular weight excluding hydrogens is 468 g/mol. The van der Waals surface area contributed by atoms with Crippen molar-refractivity contribution in [2.75, 3.05) is 11.6 Å². The van der Waals surface area contributed by atoms with Gasteiger partial charge in [0.05, 0.1) is 29.1 Å². The minimum atomic E-state index is -0.708. The lowest BCUT2D eigenvalue weighted by Gasteiger charge is -2.25. The third-order valence-corrected chi connectivity index (χ3v) is 5.22. The minimum Gasteiger partial charge on any atom is -0.461 e. The molecule has 0 amide bonds. The van der Waals surface area contributed by atoms with E-state index in [1.165, 1.54) is 21.9 Å².